The molecule has 0 saturated carbocycles. The maximum Gasteiger partial charge on any atom is 0.305 e. The monoisotopic (exact) mass is 563 g/mol. The van der Waals surface area contributed by atoms with Crippen LogP contribution in [0.4, 0.5) is 0 Å². The number of hydrogen-bond donors (Lipinski definition) is 1. The van der Waals surface area contributed by atoms with Gasteiger partial charge in [0.05, 0.1) is 6.42 Å². The van der Waals surface area contributed by atoms with E-state index in [4.69, 9.17) is 4.74 Å². The molecule has 5 nitrogen and oxygen atoms in total. The van der Waals surface area contributed by atoms with Crippen LogP contribution in [0.25, 0.3) is 0 Å². The first-order chi connectivity index (χ1) is 17.7. The van der Waals surface area contributed by atoms with Gasteiger partial charge in [0.25, 0.3) is 5.91 Å². The molecule has 0 radical (unpaired) electrons. The quantitative estimate of drug-likeness (QED) is 0.277. The fourth-order valence-corrected chi connectivity index (χ4v) is 5.13. The number of halogens is 1. The normalized spacial score (nSPS) is 16.2. The van der Waals surface area contributed by atoms with Gasteiger partial charge in [-0.2, -0.15) is 0 Å². The van der Waals surface area contributed by atoms with Crippen molar-refractivity contribution in [3.05, 3.63) is 99.0 Å². The lowest BCUT2D eigenvalue weighted by Crippen LogP contribution is -2.33. The number of hydrogen-bond acceptors (Lipinski definition) is 3. The van der Waals surface area contributed by atoms with Crippen molar-refractivity contribution >= 4 is 27.8 Å². The van der Waals surface area contributed by atoms with Crippen molar-refractivity contribution in [1.82, 2.24) is 4.90 Å². The lowest BCUT2D eigenvalue weighted by Gasteiger charge is -2.24. The van der Waals surface area contributed by atoms with Gasteiger partial charge in [-0.1, -0.05) is 65.7 Å². The first-order valence-corrected chi connectivity index (χ1v) is 13.7. The number of unbranched alkanes of at least 4 members (excludes halogenated alkanes) is 1. The predicted octanol–water partition coefficient (Wildman–Crippen LogP) is 6.85. The lowest BCUT2D eigenvalue weighted by atomic mass is 9.91. The molecule has 0 fully saturated rings. The van der Waals surface area contributed by atoms with Crippen LogP contribution < -0.4 is 4.74 Å². The van der Waals surface area contributed by atoms with Crippen molar-refractivity contribution in [2.45, 2.75) is 64.5 Å². The molecule has 1 amide bonds. The first-order valence-electron chi connectivity index (χ1n) is 12.9. The third-order valence-electron chi connectivity index (χ3n) is 6.82. The highest BCUT2D eigenvalue weighted by atomic mass is 79.9. The van der Waals surface area contributed by atoms with E-state index >= 15 is 0 Å². The van der Waals surface area contributed by atoms with Crippen molar-refractivity contribution in [3.8, 4) is 5.75 Å². The molecule has 3 aromatic rings. The van der Waals surface area contributed by atoms with Crippen molar-refractivity contribution in [2.75, 3.05) is 6.54 Å². The van der Waals surface area contributed by atoms with Gasteiger partial charge in [-0.15, -0.1) is 0 Å². The van der Waals surface area contributed by atoms with Gasteiger partial charge >= 0.3 is 5.97 Å². The molecule has 0 spiro atoms. The largest absolute Gasteiger partial charge is 0.487 e. The van der Waals surface area contributed by atoms with Gasteiger partial charge in [0.1, 0.15) is 11.4 Å². The summed E-state index contributed by atoms with van der Waals surface area (Å²) in [4.78, 5) is 26.5. The van der Waals surface area contributed by atoms with Crippen LogP contribution in [0.15, 0.2) is 71.2 Å². The van der Waals surface area contributed by atoms with E-state index in [2.05, 4.69) is 54.0 Å². The number of benzene rings is 3. The minimum atomic E-state index is -0.918. The van der Waals surface area contributed by atoms with Gasteiger partial charge < -0.3 is 14.7 Å². The highest BCUT2D eigenvalue weighted by molar-refractivity contribution is 9.10. The molecule has 0 saturated heterocycles. The number of carboxylic acids is 1. The summed E-state index contributed by atoms with van der Waals surface area (Å²) in [5, 5.41) is 9.26. The highest BCUT2D eigenvalue weighted by Gasteiger charge is 2.35. The molecule has 3 aromatic carbocycles. The third-order valence-corrected chi connectivity index (χ3v) is 7.35. The number of aliphatic carboxylic acids is 1. The number of carboxylic acid groups (broad SMARTS) is 1. The number of rotatable bonds is 11. The maximum absolute atomic E-state index is 13.5. The van der Waals surface area contributed by atoms with E-state index < -0.39 is 5.97 Å². The van der Waals surface area contributed by atoms with Crippen LogP contribution in [0, 0.1) is 0 Å². The molecule has 1 heterocycles. The number of fused-ring (bicyclic) bond motifs is 1. The first kappa shape index (κ1) is 26.9. The van der Waals surface area contributed by atoms with Crippen LogP contribution >= 0.6 is 15.9 Å². The van der Waals surface area contributed by atoms with Gasteiger partial charge in [-0.05, 0) is 72.4 Å². The van der Waals surface area contributed by atoms with Crippen LogP contribution in [0.3, 0.4) is 0 Å². The molecular formula is C31H34BrNO4. The third kappa shape index (κ3) is 7.22. The maximum atomic E-state index is 13.5. The van der Waals surface area contributed by atoms with Crippen molar-refractivity contribution in [3.63, 3.8) is 0 Å². The van der Waals surface area contributed by atoms with Crippen LogP contribution in [0.5, 0.6) is 5.75 Å². The van der Waals surface area contributed by atoms with Gasteiger partial charge in [-0.25, -0.2) is 0 Å². The molecule has 1 aliphatic heterocycles. The minimum Gasteiger partial charge on any atom is -0.487 e. The number of carbonyl (C=O) groups excluding carboxylic acids is 1. The summed E-state index contributed by atoms with van der Waals surface area (Å²) in [6.07, 6.45) is 4.70. The smallest absolute Gasteiger partial charge is 0.305 e. The van der Waals surface area contributed by atoms with Gasteiger partial charge in [-0.3, -0.25) is 9.59 Å². The van der Waals surface area contributed by atoms with Crippen LogP contribution in [-0.4, -0.2) is 34.0 Å². The van der Waals surface area contributed by atoms with E-state index in [1.807, 2.05) is 36.4 Å². The number of carbonyl (C=O) groups is 2. The Morgan fingerprint density at radius 2 is 1.68 bits per heavy atom. The molecule has 0 aliphatic carbocycles. The Kier molecular flexibility index (Phi) is 8.70. The Morgan fingerprint density at radius 3 is 2.35 bits per heavy atom. The van der Waals surface area contributed by atoms with Crippen molar-refractivity contribution < 1.29 is 19.4 Å². The molecular weight excluding hydrogens is 530 g/mol. The number of nitrogens with zero attached hydrogens (tertiary/aromatic N) is 1. The van der Waals surface area contributed by atoms with Gasteiger partial charge in [0, 0.05) is 36.0 Å². The Bertz CT molecular complexity index is 1240. The molecule has 194 valence electrons. The molecule has 37 heavy (non-hydrogen) atoms. The average Bonchev–Trinajstić information content (AvgIpc) is 3.21. The van der Waals surface area contributed by atoms with E-state index in [9.17, 15) is 14.7 Å². The molecule has 1 aliphatic rings. The van der Waals surface area contributed by atoms with Crippen LogP contribution in [-0.2, 0) is 30.6 Å². The number of aryl methyl sites for hydroxylation is 1. The Morgan fingerprint density at radius 1 is 1.00 bits per heavy atom. The SMILES string of the molecule is CCCCc1ccc(CN(CCC(=O)O)C(=O)c2ccc3c(c2)C[C@@](C)(Cc2ccc(Br)cc2)O3)cc1. The van der Waals surface area contributed by atoms with E-state index in [0.717, 1.165) is 47.0 Å². The molecule has 6 heteroatoms. The molecule has 1 N–H and O–H groups in total. The summed E-state index contributed by atoms with van der Waals surface area (Å²) in [6, 6.07) is 22.1. The highest BCUT2D eigenvalue weighted by Crippen LogP contribution is 2.38. The van der Waals surface area contributed by atoms with Crippen LogP contribution in [0.1, 0.15) is 65.7 Å². The fraction of sp³-hybridized carbons (Fsp3) is 0.355. The lowest BCUT2D eigenvalue weighted by molar-refractivity contribution is -0.137. The van der Waals surface area contributed by atoms with E-state index in [-0.39, 0.29) is 24.5 Å². The summed E-state index contributed by atoms with van der Waals surface area (Å²) in [6.45, 7) is 4.80. The van der Waals surface area contributed by atoms with Gasteiger partial charge in [0.15, 0.2) is 0 Å². The zero-order valence-electron chi connectivity index (χ0n) is 21.5. The average molecular weight is 565 g/mol. The van der Waals surface area contributed by atoms with Gasteiger partial charge in [0.2, 0.25) is 0 Å². The Balaban J connectivity index is 1.48. The number of amides is 1. The van der Waals surface area contributed by atoms with Crippen molar-refractivity contribution in [1.29, 1.82) is 0 Å². The zero-order chi connectivity index (χ0) is 26.4. The molecule has 0 aromatic heterocycles. The standard InChI is InChI=1S/C31H34BrNO4/c1-3-4-5-22-6-8-24(9-7-22)21-33(17-16-29(34)35)30(36)25-12-15-28-26(18-25)20-31(2,37-28)19-23-10-13-27(32)14-11-23/h6-15,18H,3-5,16-17,19-21H2,1-2H3,(H,34,35)/t31-/m1/s1. The summed E-state index contributed by atoms with van der Waals surface area (Å²) >= 11 is 3.48. The fourth-order valence-electron chi connectivity index (χ4n) is 4.87. The molecule has 0 bridgehead atoms. The van der Waals surface area contributed by atoms with E-state index in [1.165, 1.54) is 11.1 Å². The Hall–Kier alpha value is -3.12. The minimum absolute atomic E-state index is 0.0976. The second-order valence-corrected chi connectivity index (χ2v) is 11.1. The summed E-state index contributed by atoms with van der Waals surface area (Å²) in [5.74, 6) is -0.282. The molecule has 0 unspecified atom stereocenters. The predicted molar refractivity (Wildman–Crippen MR) is 149 cm³/mol. The van der Waals surface area contributed by atoms with Crippen molar-refractivity contribution in [2.24, 2.45) is 0 Å². The summed E-state index contributed by atoms with van der Waals surface area (Å²) in [7, 11) is 0. The number of ether oxygens (including phenoxy) is 1. The molecule has 1 atom stereocenters. The molecule has 4 rings (SSSR count). The topological polar surface area (TPSA) is 66.8 Å². The summed E-state index contributed by atoms with van der Waals surface area (Å²) in [5.41, 5.74) is 4.63. The second-order valence-electron chi connectivity index (χ2n) is 10.1. The van der Waals surface area contributed by atoms with Crippen LogP contribution in [0.2, 0.25) is 0 Å². The summed E-state index contributed by atoms with van der Waals surface area (Å²) < 4.78 is 7.36. The second kappa shape index (κ2) is 12.0. The van der Waals surface area contributed by atoms with E-state index in [1.54, 1.807) is 11.0 Å². The Labute approximate surface area is 227 Å². The van der Waals surface area contributed by atoms with E-state index in [0.29, 0.717) is 18.5 Å². The zero-order valence-corrected chi connectivity index (χ0v) is 23.1.